The molecule has 12 heteroatoms. The van der Waals surface area contributed by atoms with Crippen LogP contribution in [0.5, 0.6) is 23.0 Å². The molecule has 0 aliphatic heterocycles. The molecule has 4 rings (SSSR count). The van der Waals surface area contributed by atoms with Gasteiger partial charge in [0.1, 0.15) is 23.0 Å². The van der Waals surface area contributed by atoms with E-state index in [9.17, 15) is 24.0 Å². The first-order valence-corrected chi connectivity index (χ1v) is 21.7. The molecule has 12 nitrogen and oxygen atoms in total. The smallest absolute Gasteiger partial charge is 0.343 e. The first-order chi connectivity index (χ1) is 30.5. The molecule has 0 N–H and O–H groups in total. The molecule has 0 bridgehead atoms. The summed E-state index contributed by atoms with van der Waals surface area (Å²) in [5.41, 5.74) is 2.37. The Morgan fingerprint density at radius 2 is 0.825 bits per heavy atom. The summed E-state index contributed by atoms with van der Waals surface area (Å²) in [6.07, 6.45) is 9.96. The van der Waals surface area contributed by atoms with Gasteiger partial charge in [0.15, 0.2) is 0 Å². The van der Waals surface area contributed by atoms with Gasteiger partial charge in [-0.3, -0.25) is 4.79 Å². The summed E-state index contributed by atoms with van der Waals surface area (Å²) >= 11 is 0. The van der Waals surface area contributed by atoms with E-state index in [0.717, 1.165) is 69.8 Å². The molecule has 0 radical (unpaired) electrons. The molecule has 0 spiro atoms. The lowest BCUT2D eigenvalue weighted by Crippen LogP contribution is -2.12. The molecule has 63 heavy (non-hydrogen) atoms. The molecular formula is C51H60O12. The monoisotopic (exact) mass is 864 g/mol. The van der Waals surface area contributed by atoms with Crippen LogP contribution < -0.4 is 18.9 Å². The molecule has 0 unspecified atom stereocenters. The van der Waals surface area contributed by atoms with Gasteiger partial charge in [0, 0.05) is 12.0 Å². The van der Waals surface area contributed by atoms with Crippen LogP contribution in [-0.2, 0) is 30.2 Å². The SMILES string of the molecule is C=C(C)C(=O)OCCCCCCCOc1ccc(C(=O)Oc2ccc(CCOC(=O)c3ccc(OC(=O)c4ccc(OCCCCCCCOC(=O)C(C)C)cc4)cc3)cc2)cc1. The van der Waals surface area contributed by atoms with Crippen LogP contribution in [0.3, 0.4) is 0 Å². The van der Waals surface area contributed by atoms with Gasteiger partial charge in [-0.2, -0.15) is 0 Å². The second kappa shape index (κ2) is 27.5. The van der Waals surface area contributed by atoms with Crippen molar-refractivity contribution in [3.05, 3.63) is 131 Å². The van der Waals surface area contributed by atoms with Crippen LogP contribution in [-0.4, -0.2) is 62.9 Å². The van der Waals surface area contributed by atoms with Crippen molar-refractivity contribution in [2.45, 2.75) is 91.4 Å². The Bertz CT molecular complexity index is 2040. The molecule has 0 aliphatic rings. The van der Waals surface area contributed by atoms with Crippen molar-refractivity contribution in [2.75, 3.05) is 33.0 Å². The summed E-state index contributed by atoms with van der Waals surface area (Å²) in [5, 5.41) is 0. The summed E-state index contributed by atoms with van der Waals surface area (Å²) in [4.78, 5) is 61.0. The minimum absolute atomic E-state index is 0.0981. The number of unbranched alkanes of at least 4 members (excludes halogenated alkanes) is 8. The van der Waals surface area contributed by atoms with Gasteiger partial charge < -0.3 is 33.2 Å². The third kappa shape index (κ3) is 19.0. The number of esters is 5. The van der Waals surface area contributed by atoms with Crippen molar-refractivity contribution >= 4 is 29.8 Å². The summed E-state index contributed by atoms with van der Waals surface area (Å²) in [7, 11) is 0. The topological polar surface area (TPSA) is 150 Å². The lowest BCUT2D eigenvalue weighted by Gasteiger charge is -2.09. The number of rotatable bonds is 28. The Hall–Kier alpha value is -6.43. The van der Waals surface area contributed by atoms with Gasteiger partial charge in [0.05, 0.1) is 55.6 Å². The third-order valence-corrected chi connectivity index (χ3v) is 9.65. The van der Waals surface area contributed by atoms with Crippen molar-refractivity contribution in [1.82, 2.24) is 0 Å². The zero-order valence-electron chi connectivity index (χ0n) is 36.7. The molecule has 0 saturated carbocycles. The summed E-state index contributed by atoms with van der Waals surface area (Å²) in [5.74, 6) is -0.143. The van der Waals surface area contributed by atoms with E-state index in [1.807, 2.05) is 13.8 Å². The van der Waals surface area contributed by atoms with E-state index in [1.54, 1.807) is 79.7 Å². The van der Waals surface area contributed by atoms with Gasteiger partial charge in [0.2, 0.25) is 0 Å². The van der Waals surface area contributed by atoms with Gasteiger partial charge >= 0.3 is 29.8 Å². The fourth-order valence-corrected chi connectivity index (χ4v) is 5.91. The molecule has 4 aromatic carbocycles. The van der Waals surface area contributed by atoms with E-state index >= 15 is 0 Å². The average molecular weight is 865 g/mol. The Balaban J connectivity index is 1.06. The number of ether oxygens (including phenoxy) is 7. The van der Waals surface area contributed by atoms with Gasteiger partial charge in [0.25, 0.3) is 0 Å². The Labute approximate surface area is 370 Å². The highest BCUT2D eigenvalue weighted by atomic mass is 16.5. The molecule has 0 aromatic heterocycles. The fourth-order valence-electron chi connectivity index (χ4n) is 5.91. The average Bonchev–Trinajstić information content (AvgIpc) is 3.28. The maximum Gasteiger partial charge on any atom is 0.343 e. The normalized spacial score (nSPS) is 10.7. The molecule has 336 valence electrons. The van der Waals surface area contributed by atoms with Crippen LogP contribution in [0.1, 0.15) is 122 Å². The number of hydrogen-bond donors (Lipinski definition) is 0. The highest BCUT2D eigenvalue weighted by Gasteiger charge is 2.13. The third-order valence-electron chi connectivity index (χ3n) is 9.65. The molecule has 0 amide bonds. The highest BCUT2D eigenvalue weighted by molar-refractivity contribution is 5.92. The standard InChI is InChI=1S/C51H60O12/c1-37(2)47(52)59-34-13-9-5-7-11-32-57-43-25-17-41(18-26-43)50(55)62-45-23-15-39(16-24-45)31-36-61-49(54)40-21-29-46(30-22-40)63-51(56)42-19-27-44(28-20-42)58-33-12-8-6-10-14-35-60-48(53)38(3)4/h15-30,38H,1,5-14,31-36H2,2-4H3. The second-order valence-electron chi connectivity index (χ2n) is 15.4. The van der Waals surface area contributed by atoms with Crippen molar-refractivity contribution in [3.63, 3.8) is 0 Å². The van der Waals surface area contributed by atoms with Crippen LogP contribution in [0, 0.1) is 5.92 Å². The quantitative estimate of drug-likeness (QED) is 0.0176. The summed E-state index contributed by atoms with van der Waals surface area (Å²) < 4.78 is 38.4. The number of benzene rings is 4. The lowest BCUT2D eigenvalue weighted by atomic mass is 10.1. The minimum atomic E-state index is -0.537. The predicted octanol–water partition coefficient (Wildman–Crippen LogP) is 10.5. The van der Waals surface area contributed by atoms with Crippen LogP contribution in [0.25, 0.3) is 0 Å². The van der Waals surface area contributed by atoms with Crippen LogP contribution in [0.4, 0.5) is 0 Å². The van der Waals surface area contributed by atoms with E-state index < -0.39 is 17.9 Å². The molecule has 0 atom stereocenters. The lowest BCUT2D eigenvalue weighted by molar-refractivity contribution is -0.147. The molecule has 0 fully saturated rings. The maximum atomic E-state index is 12.7. The zero-order valence-corrected chi connectivity index (χ0v) is 36.7. The van der Waals surface area contributed by atoms with E-state index in [4.69, 9.17) is 33.2 Å². The first kappa shape index (κ1) is 49.2. The van der Waals surface area contributed by atoms with Crippen molar-refractivity contribution in [3.8, 4) is 23.0 Å². The van der Waals surface area contributed by atoms with Crippen LogP contribution in [0.15, 0.2) is 109 Å². The van der Waals surface area contributed by atoms with Gasteiger partial charge in [-0.05, 0) is 123 Å². The van der Waals surface area contributed by atoms with Gasteiger partial charge in [-0.25, -0.2) is 19.2 Å². The van der Waals surface area contributed by atoms with E-state index in [0.29, 0.717) is 72.4 Å². The van der Waals surface area contributed by atoms with Crippen LogP contribution >= 0.6 is 0 Å². The Kier molecular flexibility index (Phi) is 21.5. The van der Waals surface area contributed by atoms with Gasteiger partial charge in [-0.15, -0.1) is 0 Å². The van der Waals surface area contributed by atoms with E-state index in [2.05, 4.69) is 6.58 Å². The predicted molar refractivity (Wildman–Crippen MR) is 238 cm³/mol. The molecular weight excluding hydrogens is 805 g/mol. The molecule has 0 saturated heterocycles. The Morgan fingerprint density at radius 1 is 0.444 bits per heavy atom. The molecule has 0 heterocycles. The van der Waals surface area contributed by atoms with Crippen molar-refractivity contribution < 1.29 is 57.1 Å². The first-order valence-electron chi connectivity index (χ1n) is 21.7. The van der Waals surface area contributed by atoms with Gasteiger partial charge in [-0.1, -0.05) is 71.1 Å². The van der Waals surface area contributed by atoms with Crippen molar-refractivity contribution in [1.29, 1.82) is 0 Å². The van der Waals surface area contributed by atoms with Crippen molar-refractivity contribution in [2.24, 2.45) is 5.92 Å². The summed E-state index contributed by atoms with van der Waals surface area (Å²) in [6, 6.07) is 26.7. The number of hydrogen-bond acceptors (Lipinski definition) is 12. The second-order valence-corrected chi connectivity index (χ2v) is 15.4. The summed E-state index contributed by atoms with van der Waals surface area (Å²) in [6.45, 7) is 11.0. The number of carbonyl (C=O) groups is 5. The zero-order chi connectivity index (χ0) is 45.2. The number of carbonyl (C=O) groups excluding carboxylic acids is 5. The largest absolute Gasteiger partial charge is 0.494 e. The Morgan fingerprint density at radius 3 is 1.27 bits per heavy atom. The highest BCUT2D eigenvalue weighted by Crippen LogP contribution is 2.20. The molecule has 0 aliphatic carbocycles. The maximum absolute atomic E-state index is 12.7. The molecule has 4 aromatic rings. The van der Waals surface area contributed by atoms with E-state index in [1.165, 1.54) is 24.3 Å². The minimum Gasteiger partial charge on any atom is -0.494 e. The van der Waals surface area contributed by atoms with E-state index in [-0.39, 0.29) is 30.2 Å². The fraction of sp³-hybridized carbons (Fsp3) is 0.392. The van der Waals surface area contributed by atoms with Crippen LogP contribution in [0.2, 0.25) is 0 Å².